The average Bonchev–Trinajstić information content (AvgIpc) is 2.89. The van der Waals surface area contributed by atoms with Crippen LogP contribution in [0.25, 0.3) is 0 Å². The quantitative estimate of drug-likeness (QED) is 0.763. The molecular weight excluding hydrogens is 290 g/mol. The number of aryl methyl sites for hydroxylation is 2. The van der Waals surface area contributed by atoms with Crippen molar-refractivity contribution in [3.63, 3.8) is 0 Å². The number of aromatic amines is 1. The van der Waals surface area contributed by atoms with Gasteiger partial charge in [-0.05, 0) is 50.2 Å². The number of aromatic nitrogens is 2. The maximum atomic E-state index is 12.3. The average molecular weight is 307 g/mol. The zero-order valence-corrected chi connectivity index (χ0v) is 13.0. The van der Waals surface area contributed by atoms with Gasteiger partial charge in [-0.2, -0.15) is 5.10 Å². The van der Waals surface area contributed by atoms with Crippen LogP contribution in [0, 0.1) is 13.8 Å². The fraction of sp³-hybridized carbons (Fsp3) is 0.111. The number of amides is 1. The van der Waals surface area contributed by atoms with Gasteiger partial charge in [-0.15, -0.1) is 0 Å². The third kappa shape index (κ3) is 3.40. The zero-order chi connectivity index (χ0) is 16.2. The van der Waals surface area contributed by atoms with E-state index < -0.39 is 0 Å². The van der Waals surface area contributed by atoms with E-state index in [2.05, 4.69) is 15.5 Å². The first-order chi connectivity index (χ1) is 11.1. The predicted octanol–water partition coefficient (Wildman–Crippen LogP) is 4.07. The Kier molecular flexibility index (Phi) is 4.10. The van der Waals surface area contributed by atoms with Crippen molar-refractivity contribution in [3.05, 3.63) is 71.5 Å². The Morgan fingerprint density at radius 2 is 1.65 bits per heavy atom. The number of hydrogen-bond acceptors (Lipinski definition) is 3. The largest absolute Gasteiger partial charge is 0.457 e. The van der Waals surface area contributed by atoms with Crippen molar-refractivity contribution in [2.45, 2.75) is 13.8 Å². The Bertz CT molecular complexity index is 789. The summed E-state index contributed by atoms with van der Waals surface area (Å²) < 4.78 is 5.72. The van der Waals surface area contributed by atoms with Crippen LogP contribution >= 0.6 is 0 Å². The summed E-state index contributed by atoms with van der Waals surface area (Å²) in [6.45, 7) is 3.63. The molecule has 0 unspecified atom stereocenters. The number of hydrogen-bond donors (Lipinski definition) is 2. The maximum Gasteiger partial charge on any atom is 0.259 e. The fourth-order valence-corrected chi connectivity index (χ4v) is 2.31. The van der Waals surface area contributed by atoms with E-state index in [-0.39, 0.29) is 5.91 Å². The highest BCUT2D eigenvalue weighted by Crippen LogP contribution is 2.23. The second-order valence-corrected chi connectivity index (χ2v) is 5.20. The third-order valence-electron chi connectivity index (χ3n) is 3.45. The lowest BCUT2D eigenvalue weighted by molar-refractivity contribution is 0.102. The minimum absolute atomic E-state index is 0.175. The molecule has 0 saturated carbocycles. The van der Waals surface area contributed by atoms with E-state index in [4.69, 9.17) is 4.74 Å². The van der Waals surface area contributed by atoms with Gasteiger partial charge in [-0.25, -0.2) is 0 Å². The van der Waals surface area contributed by atoms with Crippen LogP contribution in [0.15, 0.2) is 54.6 Å². The first kappa shape index (κ1) is 14.8. The highest BCUT2D eigenvalue weighted by atomic mass is 16.5. The van der Waals surface area contributed by atoms with Crippen molar-refractivity contribution in [1.29, 1.82) is 0 Å². The zero-order valence-electron chi connectivity index (χ0n) is 13.0. The molecule has 0 atom stereocenters. The lowest BCUT2D eigenvalue weighted by Crippen LogP contribution is -2.13. The van der Waals surface area contributed by atoms with Gasteiger partial charge in [0.05, 0.1) is 11.3 Å². The summed E-state index contributed by atoms with van der Waals surface area (Å²) in [6, 6.07) is 16.8. The molecule has 2 N–H and O–H groups in total. The molecule has 23 heavy (non-hydrogen) atoms. The monoisotopic (exact) mass is 307 g/mol. The van der Waals surface area contributed by atoms with Gasteiger partial charge in [0, 0.05) is 11.4 Å². The Labute approximate surface area is 134 Å². The molecule has 2 aromatic carbocycles. The summed E-state index contributed by atoms with van der Waals surface area (Å²) >= 11 is 0. The van der Waals surface area contributed by atoms with Crippen LogP contribution < -0.4 is 10.1 Å². The summed E-state index contributed by atoms with van der Waals surface area (Å²) in [5.74, 6) is 1.31. The predicted molar refractivity (Wildman–Crippen MR) is 89.0 cm³/mol. The SMILES string of the molecule is Cc1n[nH]c(C)c1C(=O)Nc1ccc(Oc2ccccc2)cc1. The van der Waals surface area contributed by atoms with E-state index >= 15 is 0 Å². The van der Waals surface area contributed by atoms with E-state index in [0.717, 1.165) is 11.4 Å². The number of rotatable bonds is 4. The van der Waals surface area contributed by atoms with Gasteiger partial charge in [0.2, 0.25) is 0 Å². The standard InChI is InChI=1S/C18H17N3O2/c1-12-17(13(2)21-20-12)18(22)19-14-8-10-16(11-9-14)23-15-6-4-3-5-7-15/h3-11H,1-2H3,(H,19,22)(H,20,21). The van der Waals surface area contributed by atoms with Gasteiger partial charge < -0.3 is 10.1 Å². The minimum atomic E-state index is -0.175. The minimum Gasteiger partial charge on any atom is -0.457 e. The van der Waals surface area contributed by atoms with Gasteiger partial charge in [0.25, 0.3) is 5.91 Å². The Balaban J connectivity index is 1.69. The second-order valence-electron chi connectivity index (χ2n) is 5.20. The molecule has 0 spiro atoms. The Morgan fingerprint density at radius 3 is 2.26 bits per heavy atom. The van der Waals surface area contributed by atoms with Gasteiger partial charge in [0.15, 0.2) is 0 Å². The van der Waals surface area contributed by atoms with Gasteiger partial charge in [-0.1, -0.05) is 18.2 Å². The van der Waals surface area contributed by atoms with Gasteiger partial charge in [0.1, 0.15) is 11.5 Å². The lowest BCUT2D eigenvalue weighted by atomic mass is 10.2. The summed E-state index contributed by atoms with van der Waals surface area (Å²) in [6.07, 6.45) is 0. The molecule has 0 aliphatic rings. The molecule has 3 rings (SSSR count). The topological polar surface area (TPSA) is 67.0 Å². The number of carbonyl (C=O) groups is 1. The highest BCUT2D eigenvalue weighted by Gasteiger charge is 2.15. The van der Waals surface area contributed by atoms with Crippen molar-refractivity contribution in [2.75, 3.05) is 5.32 Å². The molecule has 1 heterocycles. The molecule has 1 aromatic heterocycles. The number of carbonyl (C=O) groups excluding carboxylic acids is 1. The second kappa shape index (κ2) is 6.36. The van der Waals surface area contributed by atoms with Crippen LogP contribution in [0.4, 0.5) is 5.69 Å². The van der Waals surface area contributed by atoms with Gasteiger partial charge >= 0.3 is 0 Å². The Morgan fingerprint density at radius 1 is 1.00 bits per heavy atom. The van der Waals surface area contributed by atoms with Crippen LogP contribution in [0.5, 0.6) is 11.5 Å². The third-order valence-corrected chi connectivity index (χ3v) is 3.45. The summed E-state index contributed by atoms with van der Waals surface area (Å²) in [4.78, 5) is 12.3. The molecule has 116 valence electrons. The van der Waals surface area contributed by atoms with E-state index in [1.807, 2.05) is 49.4 Å². The number of H-pyrrole nitrogens is 1. The van der Waals surface area contributed by atoms with E-state index in [0.29, 0.717) is 22.7 Å². The van der Waals surface area contributed by atoms with Crippen LogP contribution in [0.3, 0.4) is 0 Å². The summed E-state index contributed by atoms with van der Waals surface area (Å²) in [5, 5.41) is 9.71. The van der Waals surface area contributed by atoms with Crippen LogP contribution in [-0.2, 0) is 0 Å². The van der Waals surface area contributed by atoms with E-state index in [1.165, 1.54) is 0 Å². The molecule has 0 saturated heterocycles. The highest BCUT2D eigenvalue weighted by molar-refractivity contribution is 6.05. The number of anilines is 1. The van der Waals surface area contributed by atoms with E-state index in [9.17, 15) is 4.79 Å². The van der Waals surface area contributed by atoms with Crippen molar-refractivity contribution >= 4 is 11.6 Å². The van der Waals surface area contributed by atoms with Crippen LogP contribution in [0.2, 0.25) is 0 Å². The molecule has 3 aromatic rings. The summed E-state index contributed by atoms with van der Waals surface area (Å²) in [5.41, 5.74) is 2.72. The van der Waals surface area contributed by atoms with E-state index in [1.54, 1.807) is 19.1 Å². The number of nitrogens with zero attached hydrogens (tertiary/aromatic N) is 1. The molecule has 5 nitrogen and oxygen atoms in total. The van der Waals surface area contributed by atoms with Gasteiger partial charge in [-0.3, -0.25) is 9.89 Å². The van der Waals surface area contributed by atoms with Crippen molar-refractivity contribution < 1.29 is 9.53 Å². The number of nitrogens with one attached hydrogen (secondary N) is 2. The van der Waals surface area contributed by atoms with Crippen molar-refractivity contribution in [2.24, 2.45) is 0 Å². The first-order valence-corrected chi connectivity index (χ1v) is 7.29. The van der Waals surface area contributed by atoms with Crippen LogP contribution in [-0.4, -0.2) is 16.1 Å². The van der Waals surface area contributed by atoms with Crippen LogP contribution in [0.1, 0.15) is 21.7 Å². The fourth-order valence-electron chi connectivity index (χ4n) is 2.31. The smallest absolute Gasteiger partial charge is 0.259 e. The Hall–Kier alpha value is -3.08. The molecule has 5 heteroatoms. The first-order valence-electron chi connectivity index (χ1n) is 7.29. The lowest BCUT2D eigenvalue weighted by Gasteiger charge is -2.08. The summed E-state index contributed by atoms with van der Waals surface area (Å²) in [7, 11) is 0. The number of ether oxygens (including phenoxy) is 1. The van der Waals surface area contributed by atoms with Crippen molar-refractivity contribution in [1.82, 2.24) is 10.2 Å². The molecule has 0 aliphatic heterocycles. The van der Waals surface area contributed by atoms with Crippen molar-refractivity contribution in [3.8, 4) is 11.5 Å². The molecule has 0 radical (unpaired) electrons. The molecule has 0 fully saturated rings. The normalized spacial score (nSPS) is 10.3. The molecule has 1 amide bonds. The molecule has 0 aliphatic carbocycles. The number of benzene rings is 2. The molecule has 0 bridgehead atoms. The molecular formula is C18H17N3O2. The number of para-hydroxylation sites is 1. The maximum absolute atomic E-state index is 12.3.